The van der Waals surface area contributed by atoms with Gasteiger partial charge >= 0.3 is 5.97 Å². The highest BCUT2D eigenvalue weighted by atomic mass is 32.2. The van der Waals surface area contributed by atoms with Crippen molar-refractivity contribution in [2.75, 3.05) is 7.11 Å². The van der Waals surface area contributed by atoms with Crippen molar-refractivity contribution in [3.8, 4) is 0 Å². The van der Waals surface area contributed by atoms with Crippen LogP contribution >= 0.6 is 11.3 Å². The van der Waals surface area contributed by atoms with Gasteiger partial charge in [-0.15, -0.1) is 11.3 Å². The van der Waals surface area contributed by atoms with Gasteiger partial charge in [0.15, 0.2) is 0 Å². The molecule has 3 heterocycles. The molecule has 2 saturated heterocycles. The first kappa shape index (κ1) is 15.0. The standard InChI is InChI=1S/C13H18N2O4S2/c1-19-13(16)12-11(4-5-20-12)21(17,18)15-10-6-8-2-3-9(7-10)14-8/h4-5,8-10,14-15H,2-3,6-7H2,1H3. The number of hydrogen-bond donors (Lipinski definition) is 2. The maximum atomic E-state index is 12.5. The van der Waals surface area contributed by atoms with Gasteiger partial charge in [-0.05, 0) is 37.1 Å². The third kappa shape index (κ3) is 2.98. The molecule has 0 amide bonds. The molecule has 6 nitrogen and oxygen atoms in total. The van der Waals surface area contributed by atoms with Crippen molar-refractivity contribution in [2.45, 2.75) is 48.7 Å². The summed E-state index contributed by atoms with van der Waals surface area (Å²) in [6, 6.07) is 2.19. The third-order valence-electron chi connectivity index (χ3n) is 4.08. The Morgan fingerprint density at radius 3 is 2.67 bits per heavy atom. The molecule has 2 N–H and O–H groups in total. The van der Waals surface area contributed by atoms with E-state index in [0.29, 0.717) is 12.1 Å². The van der Waals surface area contributed by atoms with E-state index in [1.165, 1.54) is 13.2 Å². The lowest BCUT2D eigenvalue weighted by Crippen LogP contribution is -2.48. The monoisotopic (exact) mass is 330 g/mol. The van der Waals surface area contributed by atoms with Crippen LogP contribution in [0.25, 0.3) is 0 Å². The number of carbonyl (C=O) groups is 1. The van der Waals surface area contributed by atoms with Crippen LogP contribution in [0.5, 0.6) is 0 Å². The van der Waals surface area contributed by atoms with Crippen LogP contribution in [-0.2, 0) is 14.8 Å². The van der Waals surface area contributed by atoms with Gasteiger partial charge in [0, 0.05) is 18.1 Å². The maximum Gasteiger partial charge on any atom is 0.349 e. The van der Waals surface area contributed by atoms with Gasteiger partial charge in [-0.25, -0.2) is 17.9 Å². The fourth-order valence-corrected chi connectivity index (χ4v) is 5.78. The second kappa shape index (κ2) is 5.68. The molecule has 2 bridgehead atoms. The van der Waals surface area contributed by atoms with Crippen LogP contribution < -0.4 is 10.0 Å². The Balaban J connectivity index is 1.78. The highest BCUT2D eigenvalue weighted by Crippen LogP contribution is 2.29. The maximum absolute atomic E-state index is 12.5. The highest BCUT2D eigenvalue weighted by molar-refractivity contribution is 7.89. The molecule has 21 heavy (non-hydrogen) atoms. The number of carbonyl (C=O) groups excluding carboxylic acids is 1. The van der Waals surface area contributed by atoms with E-state index in [1.54, 1.807) is 5.38 Å². The molecule has 2 aliphatic heterocycles. The number of piperidine rings is 1. The van der Waals surface area contributed by atoms with E-state index >= 15 is 0 Å². The van der Waals surface area contributed by atoms with Crippen LogP contribution in [-0.4, -0.2) is 39.6 Å². The first-order valence-electron chi connectivity index (χ1n) is 6.94. The molecular formula is C13H18N2O4S2. The quantitative estimate of drug-likeness (QED) is 0.808. The van der Waals surface area contributed by atoms with Crippen molar-refractivity contribution in [3.63, 3.8) is 0 Å². The molecule has 0 aromatic carbocycles. The Hall–Kier alpha value is -0.960. The number of esters is 1. The molecule has 1 aromatic rings. The van der Waals surface area contributed by atoms with E-state index in [2.05, 4.69) is 14.8 Å². The van der Waals surface area contributed by atoms with Crippen LogP contribution in [0.1, 0.15) is 35.4 Å². The molecular weight excluding hydrogens is 312 g/mol. The second-order valence-corrected chi connectivity index (χ2v) is 8.13. The molecule has 2 atom stereocenters. The second-order valence-electron chi connectivity index (χ2n) is 5.53. The van der Waals surface area contributed by atoms with E-state index in [4.69, 9.17) is 0 Å². The summed E-state index contributed by atoms with van der Waals surface area (Å²) in [5.41, 5.74) is 0. The van der Waals surface area contributed by atoms with E-state index in [-0.39, 0.29) is 15.8 Å². The summed E-state index contributed by atoms with van der Waals surface area (Å²) in [4.78, 5) is 11.8. The molecule has 116 valence electrons. The summed E-state index contributed by atoms with van der Waals surface area (Å²) in [7, 11) is -2.44. The van der Waals surface area contributed by atoms with Crippen LogP contribution in [0.4, 0.5) is 0 Å². The van der Waals surface area contributed by atoms with Crippen molar-refractivity contribution in [1.29, 1.82) is 0 Å². The summed E-state index contributed by atoms with van der Waals surface area (Å²) in [6.45, 7) is 0. The topological polar surface area (TPSA) is 84.5 Å². The number of nitrogens with one attached hydrogen (secondary N) is 2. The first-order chi connectivity index (χ1) is 9.99. The smallest absolute Gasteiger partial charge is 0.349 e. The van der Waals surface area contributed by atoms with Gasteiger partial charge in [0.1, 0.15) is 9.77 Å². The molecule has 2 fully saturated rings. The molecule has 1 aromatic heterocycles. The van der Waals surface area contributed by atoms with Crippen molar-refractivity contribution in [2.24, 2.45) is 0 Å². The number of methoxy groups -OCH3 is 1. The molecule has 0 aliphatic carbocycles. The molecule has 2 aliphatic rings. The summed E-state index contributed by atoms with van der Waals surface area (Å²) >= 11 is 1.08. The fourth-order valence-electron chi connectivity index (χ4n) is 3.19. The van der Waals surface area contributed by atoms with E-state index < -0.39 is 16.0 Å². The first-order valence-corrected chi connectivity index (χ1v) is 9.30. The average molecular weight is 330 g/mol. The summed E-state index contributed by atoms with van der Waals surface area (Å²) in [5, 5.41) is 5.06. The van der Waals surface area contributed by atoms with E-state index in [1.807, 2.05) is 0 Å². The van der Waals surface area contributed by atoms with Gasteiger partial charge in [-0.3, -0.25) is 0 Å². The van der Waals surface area contributed by atoms with E-state index in [9.17, 15) is 13.2 Å². The van der Waals surface area contributed by atoms with Crippen LogP contribution in [0.15, 0.2) is 16.3 Å². The Morgan fingerprint density at radius 1 is 1.38 bits per heavy atom. The van der Waals surface area contributed by atoms with Crippen molar-refractivity contribution in [3.05, 3.63) is 16.3 Å². The zero-order chi connectivity index (χ0) is 15.0. The lowest BCUT2D eigenvalue weighted by Gasteiger charge is -2.29. The Morgan fingerprint density at radius 2 is 2.05 bits per heavy atom. The fraction of sp³-hybridized carbons (Fsp3) is 0.615. The number of sulfonamides is 1. The molecule has 8 heteroatoms. The summed E-state index contributed by atoms with van der Waals surface area (Å²) in [6.07, 6.45) is 3.81. The average Bonchev–Trinajstić information content (AvgIpc) is 3.05. The molecule has 0 spiro atoms. The van der Waals surface area contributed by atoms with Crippen LogP contribution in [0, 0.1) is 0 Å². The predicted octanol–water partition coefficient (Wildman–Crippen LogP) is 1.10. The van der Waals surface area contributed by atoms with Crippen molar-refractivity contribution in [1.82, 2.24) is 10.0 Å². The van der Waals surface area contributed by atoms with Gasteiger partial charge in [-0.2, -0.15) is 0 Å². The Labute approximate surface area is 127 Å². The molecule has 2 unspecified atom stereocenters. The minimum absolute atomic E-state index is 0.0187. The number of fused-ring (bicyclic) bond motifs is 2. The third-order valence-corrected chi connectivity index (χ3v) is 6.67. The number of ether oxygens (including phenoxy) is 1. The minimum atomic E-state index is -3.69. The number of thiophene rings is 1. The largest absolute Gasteiger partial charge is 0.465 e. The molecule has 0 saturated carbocycles. The SMILES string of the molecule is COC(=O)c1sccc1S(=O)(=O)NC1CC2CCC(C1)N2. The lowest BCUT2D eigenvalue weighted by molar-refractivity contribution is 0.0602. The number of rotatable bonds is 4. The van der Waals surface area contributed by atoms with Gasteiger partial charge in [0.05, 0.1) is 7.11 Å². The summed E-state index contributed by atoms with van der Waals surface area (Å²) in [5.74, 6) is -0.615. The zero-order valence-corrected chi connectivity index (χ0v) is 13.3. The normalized spacial score (nSPS) is 28.5. The molecule has 3 rings (SSSR count). The highest BCUT2D eigenvalue weighted by Gasteiger charge is 2.36. The van der Waals surface area contributed by atoms with Gasteiger partial charge in [0.25, 0.3) is 0 Å². The van der Waals surface area contributed by atoms with Crippen LogP contribution in [0.3, 0.4) is 0 Å². The van der Waals surface area contributed by atoms with Gasteiger partial charge in [-0.1, -0.05) is 0 Å². The van der Waals surface area contributed by atoms with Gasteiger partial charge in [0.2, 0.25) is 10.0 Å². The minimum Gasteiger partial charge on any atom is -0.465 e. The van der Waals surface area contributed by atoms with Crippen molar-refractivity contribution < 1.29 is 17.9 Å². The predicted molar refractivity (Wildman–Crippen MR) is 78.9 cm³/mol. The Kier molecular flexibility index (Phi) is 4.04. The molecule has 0 radical (unpaired) electrons. The number of hydrogen-bond acceptors (Lipinski definition) is 6. The lowest BCUT2D eigenvalue weighted by atomic mass is 10.0. The zero-order valence-electron chi connectivity index (χ0n) is 11.7. The summed E-state index contributed by atoms with van der Waals surface area (Å²) < 4.78 is 32.4. The van der Waals surface area contributed by atoms with Crippen LogP contribution in [0.2, 0.25) is 0 Å². The van der Waals surface area contributed by atoms with Crippen molar-refractivity contribution >= 4 is 27.3 Å². The van der Waals surface area contributed by atoms with E-state index in [0.717, 1.165) is 37.0 Å². The van der Waals surface area contributed by atoms with Gasteiger partial charge < -0.3 is 10.1 Å². The Bertz CT molecular complexity index is 628.